The highest BCUT2D eigenvalue weighted by Crippen LogP contribution is 2.22. The first-order valence-corrected chi connectivity index (χ1v) is 6.23. The Balaban J connectivity index is 2.17. The maximum absolute atomic E-state index is 11.9. The second kappa shape index (κ2) is 4.85. The standard InChI is InChI=1S/C12H11ClN2OS/c1-8-10(7-15(2)14-8)11(16)5-3-9-4-6-12(13)17-9/h3-7H,1-2H3/b5-3+. The van der Waals surface area contributed by atoms with Crippen LogP contribution in [0, 0.1) is 6.92 Å². The van der Waals surface area contributed by atoms with E-state index in [2.05, 4.69) is 5.10 Å². The smallest absolute Gasteiger partial charge is 0.189 e. The van der Waals surface area contributed by atoms with Crippen LogP contribution < -0.4 is 0 Å². The molecule has 88 valence electrons. The second-order valence-corrected chi connectivity index (χ2v) is 5.39. The Morgan fingerprint density at radius 3 is 2.82 bits per heavy atom. The molecule has 2 aromatic rings. The van der Waals surface area contributed by atoms with Gasteiger partial charge in [-0.2, -0.15) is 5.10 Å². The van der Waals surface area contributed by atoms with E-state index in [1.807, 2.05) is 19.1 Å². The molecule has 0 saturated carbocycles. The summed E-state index contributed by atoms with van der Waals surface area (Å²) in [4.78, 5) is 12.9. The largest absolute Gasteiger partial charge is 0.289 e. The Bertz CT molecular complexity index is 583. The summed E-state index contributed by atoms with van der Waals surface area (Å²) in [5, 5.41) is 4.13. The number of carbonyl (C=O) groups is 1. The number of hydrogen-bond donors (Lipinski definition) is 0. The topological polar surface area (TPSA) is 34.9 Å². The molecule has 2 aromatic heterocycles. The third-order valence-electron chi connectivity index (χ3n) is 2.27. The number of halogens is 1. The SMILES string of the molecule is Cc1nn(C)cc1C(=O)/C=C/c1ccc(Cl)s1. The zero-order valence-electron chi connectivity index (χ0n) is 9.48. The number of aromatic nitrogens is 2. The van der Waals surface area contributed by atoms with Crippen molar-refractivity contribution in [2.24, 2.45) is 7.05 Å². The Morgan fingerprint density at radius 2 is 2.29 bits per heavy atom. The molecular formula is C12H11ClN2OS. The molecule has 0 atom stereocenters. The van der Waals surface area contributed by atoms with Crippen molar-refractivity contribution >= 4 is 34.8 Å². The van der Waals surface area contributed by atoms with Crippen molar-refractivity contribution < 1.29 is 4.79 Å². The van der Waals surface area contributed by atoms with E-state index in [1.54, 1.807) is 30.1 Å². The number of hydrogen-bond acceptors (Lipinski definition) is 3. The van der Waals surface area contributed by atoms with Gasteiger partial charge in [0.1, 0.15) is 0 Å². The Hall–Kier alpha value is -1.39. The zero-order valence-corrected chi connectivity index (χ0v) is 11.0. The summed E-state index contributed by atoms with van der Waals surface area (Å²) >= 11 is 7.25. The van der Waals surface area contributed by atoms with Crippen molar-refractivity contribution in [3.05, 3.63) is 44.9 Å². The molecule has 0 saturated heterocycles. The molecule has 0 N–H and O–H groups in total. The lowest BCUT2D eigenvalue weighted by Crippen LogP contribution is -1.94. The molecule has 2 rings (SSSR count). The summed E-state index contributed by atoms with van der Waals surface area (Å²) < 4.78 is 2.35. The van der Waals surface area contributed by atoms with Crippen LogP contribution in [0.3, 0.4) is 0 Å². The Morgan fingerprint density at radius 1 is 1.53 bits per heavy atom. The molecule has 0 radical (unpaired) electrons. The zero-order chi connectivity index (χ0) is 12.4. The molecule has 0 aromatic carbocycles. The monoisotopic (exact) mass is 266 g/mol. The van der Waals surface area contributed by atoms with Gasteiger partial charge in [-0.05, 0) is 31.2 Å². The fourth-order valence-electron chi connectivity index (χ4n) is 1.51. The van der Waals surface area contributed by atoms with E-state index in [-0.39, 0.29) is 5.78 Å². The lowest BCUT2D eigenvalue weighted by molar-refractivity contribution is 0.104. The summed E-state index contributed by atoms with van der Waals surface area (Å²) in [5.41, 5.74) is 1.37. The van der Waals surface area contributed by atoms with Gasteiger partial charge in [-0.15, -0.1) is 11.3 Å². The summed E-state index contributed by atoms with van der Waals surface area (Å²) in [7, 11) is 1.80. The number of ketones is 1. The van der Waals surface area contributed by atoms with Gasteiger partial charge in [-0.25, -0.2) is 0 Å². The van der Waals surface area contributed by atoms with Crippen molar-refractivity contribution in [1.29, 1.82) is 0 Å². The highest BCUT2D eigenvalue weighted by Gasteiger charge is 2.09. The van der Waals surface area contributed by atoms with Gasteiger partial charge in [0.05, 0.1) is 15.6 Å². The van der Waals surface area contributed by atoms with Crippen LogP contribution in [0.15, 0.2) is 24.4 Å². The van der Waals surface area contributed by atoms with Crippen LogP contribution in [0.1, 0.15) is 20.9 Å². The molecule has 0 aliphatic heterocycles. The minimum absolute atomic E-state index is 0.0416. The number of rotatable bonds is 3. The lowest BCUT2D eigenvalue weighted by atomic mass is 10.1. The predicted octanol–water partition coefficient (Wildman–Crippen LogP) is 3.34. The minimum Gasteiger partial charge on any atom is -0.289 e. The van der Waals surface area contributed by atoms with Gasteiger partial charge < -0.3 is 0 Å². The van der Waals surface area contributed by atoms with Crippen molar-refractivity contribution in [2.45, 2.75) is 6.92 Å². The average Bonchev–Trinajstić information content (AvgIpc) is 2.81. The number of carbonyl (C=O) groups excluding carboxylic acids is 1. The third kappa shape index (κ3) is 2.84. The Labute approximate surface area is 108 Å². The van der Waals surface area contributed by atoms with Crippen LogP contribution in [-0.4, -0.2) is 15.6 Å². The first-order chi connectivity index (χ1) is 8.06. The quantitative estimate of drug-likeness (QED) is 0.631. The van der Waals surface area contributed by atoms with E-state index in [4.69, 9.17) is 11.6 Å². The second-order valence-electron chi connectivity index (χ2n) is 3.64. The van der Waals surface area contributed by atoms with Crippen LogP contribution in [0.25, 0.3) is 6.08 Å². The van der Waals surface area contributed by atoms with Gasteiger partial charge in [-0.3, -0.25) is 9.48 Å². The van der Waals surface area contributed by atoms with E-state index >= 15 is 0 Å². The van der Waals surface area contributed by atoms with Crippen molar-refractivity contribution in [2.75, 3.05) is 0 Å². The molecule has 0 spiro atoms. The van der Waals surface area contributed by atoms with Gasteiger partial charge in [0.2, 0.25) is 0 Å². The van der Waals surface area contributed by atoms with Crippen LogP contribution in [0.5, 0.6) is 0 Å². The fourth-order valence-corrected chi connectivity index (χ4v) is 2.47. The third-order valence-corrected chi connectivity index (χ3v) is 3.47. The van der Waals surface area contributed by atoms with Crippen LogP contribution in [0.4, 0.5) is 0 Å². The first kappa shape index (κ1) is 12.1. The number of aryl methyl sites for hydroxylation is 2. The van der Waals surface area contributed by atoms with E-state index in [0.29, 0.717) is 5.56 Å². The summed E-state index contributed by atoms with van der Waals surface area (Å²) in [6.45, 7) is 1.82. The molecule has 5 heteroatoms. The molecule has 0 amide bonds. The summed E-state index contributed by atoms with van der Waals surface area (Å²) in [6, 6.07) is 3.69. The van der Waals surface area contributed by atoms with E-state index < -0.39 is 0 Å². The molecular weight excluding hydrogens is 256 g/mol. The van der Waals surface area contributed by atoms with Crippen LogP contribution in [-0.2, 0) is 7.05 Å². The number of nitrogens with zero attached hydrogens (tertiary/aromatic N) is 2. The molecule has 0 aliphatic carbocycles. The maximum Gasteiger partial charge on any atom is 0.189 e. The number of thiophene rings is 1. The number of allylic oxidation sites excluding steroid dienone is 1. The average molecular weight is 267 g/mol. The molecule has 0 bridgehead atoms. The van der Waals surface area contributed by atoms with Gasteiger partial charge in [0, 0.05) is 18.1 Å². The van der Waals surface area contributed by atoms with Crippen molar-refractivity contribution in [3.63, 3.8) is 0 Å². The highest BCUT2D eigenvalue weighted by atomic mass is 35.5. The molecule has 2 heterocycles. The first-order valence-electron chi connectivity index (χ1n) is 5.04. The van der Waals surface area contributed by atoms with Crippen LogP contribution in [0.2, 0.25) is 4.34 Å². The Kier molecular flexibility index (Phi) is 3.45. The highest BCUT2D eigenvalue weighted by molar-refractivity contribution is 7.17. The summed E-state index contributed by atoms with van der Waals surface area (Å²) in [6.07, 6.45) is 5.04. The van der Waals surface area contributed by atoms with Gasteiger partial charge in [0.15, 0.2) is 5.78 Å². The predicted molar refractivity (Wildman–Crippen MR) is 70.6 cm³/mol. The lowest BCUT2D eigenvalue weighted by Gasteiger charge is -1.90. The van der Waals surface area contributed by atoms with Gasteiger partial charge in [-0.1, -0.05) is 11.6 Å². The maximum atomic E-state index is 11.9. The summed E-state index contributed by atoms with van der Waals surface area (Å²) in [5.74, 6) is -0.0416. The van der Waals surface area contributed by atoms with Crippen molar-refractivity contribution in [3.8, 4) is 0 Å². The van der Waals surface area contributed by atoms with Crippen LogP contribution >= 0.6 is 22.9 Å². The van der Waals surface area contributed by atoms with E-state index in [1.165, 1.54) is 11.3 Å². The molecule has 17 heavy (non-hydrogen) atoms. The van der Waals surface area contributed by atoms with Gasteiger partial charge >= 0.3 is 0 Å². The molecule has 0 unspecified atom stereocenters. The molecule has 3 nitrogen and oxygen atoms in total. The van der Waals surface area contributed by atoms with E-state index in [9.17, 15) is 4.79 Å². The molecule has 0 aliphatic rings. The normalized spacial score (nSPS) is 11.2. The van der Waals surface area contributed by atoms with Gasteiger partial charge in [0.25, 0.3) is 0 Å². The van der Waals surface area contributed by atoms with Crippen molar-refractivity contribution in [1.82, 2.24) is 9.78 Å². The minimum atomic E-state index is -0.0416. The fraction of sp³-hybridized carbons (Fsp3) is 0.167. The molecule has 0 fully saturated rings. The van der Waals surface area contributed by atoms with E-state index in [0.717, 1.165) is 14.9 Å².